The van der Waals surface area contributed by atoms with Gasteiger partial charge in [0.15, 0.2) is 0 Å². The monoisotopic (exact) mass is 232 g/mol. The minimum atomic E-state index is -0.587. The van der Waals surface area contributed by atoms with Gasteiger partial charge in [0.25, 0.3) is 0 Å². The molecule has 0 bridgehead atoms. The molecule has 0 spiro atoms. The van der Waals surface area contributed by atoms with Gasteiger partial charge in [-0.1, -0.05) is 6.07 Å². The van der Waals surface area contributed by atoms with Crippen LogP contribution < -0.4 is 5.63 Å². The molecule has 0 aliphatic rings. The summed E-state index contributed by atoms with van der Waals surface area (Å²) in [6, 6.07) is 5.95. The van der Waals surface area contributed by atoms with Gasteiger partial charge < -0.3 is 14.6 Å². The Labute approximate surface area is 97.8 Å². The van der Waals surface area contributed by atoms with Crippen molar-refractivity contribution in [3.8, 4) is 22.6 Å². The SMILES string of the molecule is Cc1cc(O)c(-c2ccc(O)cc2C)c(=O)o1. The highest BCUT2D eigenvalue weighted by Crippen LogP contribution is 2.30. The van der Waals surface area contributed by atoms with Crippen molar-refractivity contribution in [3.05, 3.63) is 46.0 Å². The minimum Gasteiger partial charge on any atom is -0.508 e. The summed E-state index contributed by atoms with van der Waals surface area (Å²) in [5.41, 5.74) is 0.773. The minimum absolute atomic E-state index is 0.113. The first-order valence-electron chi connectivity index (χ1n) is 5.12. The van der Waals surface area contributed by atoms with Gasteiger partial charge in [-0.15, -0.1) is 0 Å². The van der Waals surface area contributed by atoms with Gasteiger partial charge in [-0.25, -0.2) is 4.79 Å². The molecule has 88 valence electrons. The first-order chi connectivity index (χ1) is 7.99. The highest BCUT2D eigenvalue weighted by atomic mass is 16.4. The van der Waals surface area contributed by atoms with Crippen molar-refractivity contribution in [1.82, 2.24) is 0 Å². The number of phenolic OH excluding ortho intramolecular Hbond substituents is 1. The fraction of sp³-hybridized carbons (Fsp3) is 0.154. The van der Waals surface area contributed by atoms with Crippen molar-refractivity contribution in [2.24, 2.45) is 0 Å². The second-order valence-electron chi connectivity index (χ2n) is 3.90. The number of aryl methyl sites for hydroxylation is 2. The molecule has 1 aromatic carbocycles. The van der Waals surface area contributed by atoms with E-state index in [2.05, 4.69) is 0 Å². The first-order valence-corrected chi connectivity index (χ1v) is 5.12. The highest BCUT2D eigenvalue weighted by Gasteiger charge is 2.14. The van der Waals surface area contributed by atoms with E-state index in [1.165, 1.54) is 18.2 Å². The van der Waals surface area contributed by atoms with E-state index in [1.807, 2.05) is 0 Å². The van der Waals surface area contributed by atoms with Crippen molar-refractivity contribution in [3.63, 3.8) is 0 Å². The second kappa shape index (κ2) is 3.97. The molecular weight excluding hydrogens is 220 g/mol. The van der Waals surface area contributed by atoms with Crippen molar-refractivity contribution >= 4 is 0 Å². The molecule has 1 aromatic heterocycles. The third-order valence-corrected chi connectivity index (χ3v) is 2.53. The highest BCUT2D eigenvalue weighted by molar-refractivity contribution is 5.72. The van der Waals surface area contributed by atoms with E-state index >= 15 is 0 Å². The molecule has 0 aliphatic heterocycles. The summed E-state index contributed by atoms with van der Waals surface area (Å²) < 4.78 is 4.95. The Morgan fingerprint density at radius 3 is 2.41 bits per heavy atom. The molecular formula is C13H12O4. The molecule has 0 aliphatic carbocycles. The molecule has 0 amide bonds. The third kappa shape index (κ3) is 2.01. The Morgan fingerprint density at radius 1 is 1.12 bits per heavy atom. The van der Waals surface area contributed by atoms with Crippen LogP contribution in [-0.2, 0) is 0 Å². The molecule has 0 saturated heterocycles. The van der Waals surface area contributed by atoms with E-state index in [1.54, 1.807) is 19.9 Å². The van der Waals surface area contributed by atoms with Crippen molar-refractivity contribution in [1.29, 1.82) is 0 Å². The van der Waals surface area contributed by atoms with Gasteiger partial charge in [0, 0.05) is 6.07 Å². The van der Waals surface area contributed by atoms with Crippen molar-refractivity contribution < 1.29 is 14.6 Å². The summed E-state index contributed by atoms with van der Waals surface area (Å²) in [6.07, 6.45) is 0. The van der Waals surface area contributed by atoms with Crippen LogP contribution in [0.2, 0.25) is 0 Å². The smallest absolute Gasteiger partial charge is 0.347 e. The fourth-order valence-corrected chi connectivity index (χ4v) is 1.77. The predicted octanol–water partition coefficient (Wildman–Crippen LogP) is 2.33. The molecule has 0 saturated carbocycles. The molecule has 4 heteroatoms. The van der Waals surface area contributed by atoms with Crippen LogP contribution in [-0.4, -0.2) is 10.2 Å². The normalized spacial score (nSPS) is 10.5. The number of aromatic hydroxyl groups is 2. The largest absolute Gasteiger partial charge is 0.508 e. The quantitative estimate of drug-likeness (QED) is 0.791. The Bertz CT molecular complexity index is 626. The molecule has 4 nitrogen and oxygen atoms in total. The van der Waals surface area contributed by atoms with Crippen LogP contribution in [0.4, 0.5) is 0 Å². The van der Waals surface area contributed by atoms with Crippen molar-refractivity contribution in [2.45, 2.75) is 13.8 Å². The van der Waals surface area contributed by atoms with Gasteiger partial charge in [0.2, 0.25) is 0 Å². The summed E-state index contributed by atoms with van der Waals surface area (Å²) in [6.45, 7) is 3.34. The molecule has 1 heterocycles. The zero-order chi connectivity index (χ0) is 12.6. The first kappa shape index (κ1) is 11.3. The van der Waals surface area contributed by atoms with E-state index in [0.29, 0.717) is 16.9 Å². The van der Waals surface area contributed by atoms with E-state index in [9.17, 15) is 15.0 Å². The maximum atomic E-state index is 11.7. The average Bonchev–Trinajstić information content (AvgIpc) is 2.19. The van der Waals surface area contributed by atoms with Crippen LogP contribution in [0.3, 0.4) is 0 Å². The Hall–Kier alpha value is -2.23. The number of phenols is 1. The Kier molecular flexibility index (Phi) is 2.63. The topological polar surface area (TPSA) is 70.7 Å². The second-order valence-corrected chi connectivity index (χ2v) is 3.90. The summed E-state index contributed by atoms with van der Waals surface area (Å²) in [4.78, 5) is 11.7. The van der Waals surface area contributed by atoms with Gasteiger partial charge in [0.1, 0.15) is 22.8 Å². The summed E-state index contributed by atoms with van der Waals surface area (Å²) in [5, 5.41) is 19.1. The van der Waals surface area contributed by atoms with Crippen LogP contribution in [0.1, 0.15) is 11.3 Å². The molecule has 17 heavy (non-hydrogen) atoms. The molecule has 2 rings (SSSR count). The maximum Gasteiger partial charge on any atom is 0.347 e. The van der Waals surface area contributed by atoms with Crippen molar-refractivity contribution in [2.75, 3.05) is 0 Å². The van der Waals surface area contributed by atoms with Gasteiger partial charge in [-0.05, 0) is 37.1 Å². The number of benzene rings is 1. The molecule has 0 radical (unpaired) electrons. The molecule has 2 aromatic rings. The summed E-state index contributed by atoms with van der Waals surface area (Å²) in [7, 11) is 0. The van der Waals surface area contributed by atoms with E-state index in [-0.39, 0.29) is 17.1 Å². The molecule has 0 atom stereocenters. The average molecular weight is 232 g/mol. The van der Waals surface area contributed by atoms with Gasteiger partial charge in [-0.3, -0.25) is 0 Å². The molecule has 0 fully saturated rings. The Morgan fingerprint density at radius 2 is 1.82 bits per heavy atom. The zero-order valence-corrected chi connectivity index (χ0v) is 9.52. The van der Waals surface area contributed by atoms with Crippen LogP contribution in [0, 0.1) is 13.8 Å². The number of rotatable bonds is 1. The lowest BCUT2D eigenvalue weighted by molar-refractivity contribution is 0.438. The summed E-state index contributed by atoms with van der Waals surface area (Å²) >= 11 is 0. The lowest BCUT2D eigenvalue weighted by Gasteiger charge is -2.07. The summed E-state index contributed by atoms with van der Waals surface area (Å²) in [5.74, 6) is 0.350. The van der Waals surface area contributed by atoms with Crippen LogP contribution in [0.25, 0.3) is 11.1 Å². The van der Waals surface area contributed by atoms with Gasteiger partial charge in [-0.2, -0.15) is 0 Å². The standard InChI is InChI=1S/C13H12O4/c1-7-5-9(14)3-4-10(7)12-11(15)6-8(2)17-13(12)16/h3-6,14-15H,1-2H3. The lowest BCUT2D eigenvalue weighted by Crippen LogP contribution is -2.04. The zero-order valence-electron chi connectivity index (χ0n) is 9.52. The molecule has 2 N–H and O–H groups in total. The van der Waals surface area contributed by atoms with Crippen LogP contribution in [0.5, 0.6) is 11.5 Å². The van der Waals surface area contributed by atoms with Crippen LogP contribution >= 0.6 is 0 Å². The predicted molar refractivity (Wildman–Crippen MR) is 63.2 cm³/mol. The third-order valence-electron chi connectivity index (χ3n) is 2.53. The number of hydrogen-bond acceptors (Lipinski definition) is 4. The lowest BCUT2D eigenvalue weighted by atomic mass is 10.0. The number of hydrogen-bond donors (Lipinski definition) is 2. The van der Waals surface area contributed by atoms with Crippen LogP contribution in [0.15, 0.2) is 33.5 Å². The van der Waals surface area contributed by atoms with Gasteiger partial charge in [0.05, 0.1) is 0 Å². The fourth-order valence-electron chi connectivity index (χ4n) is 1.77. The molecule has 0 unspecified atom stereocenters. The van der Waals surface area contributed by atoms with E-state index < -0.39 is 5.63 Å². The Balaban J connectivity index is 2.73. The van der Waals surface area contributed by atoms with Gasteiger partial charge >= 0.3 is 5.63 Å². The van der Waals surface area contributed by atoms with E-state index in [4.69, 9.17) is 4.42 Å². The van der Waals surface area contributed by atoms with E-state index in [0.717, 1.165) is 0 Å². The maximum absolute atomic E-state index is 11.7.